The zero-order chi connectivity index (χ0) is 14.4. The highest BCUT2D eigenvalue weighted by Crippen LogP contribution is 2.15. The number of carbonyl (C=O) groups excluding carboxylic acids is 2. The standard InChI is InChI=1S/C14H18N2O4/c1-2-19-12-5-3-11(4-6-12)15-13(17)7-8-16-9-10-20-14(16)18/h3-6H,2,7-10H2,1H3,(H,15,17). The summed E-state index contributed by atoms with van der Waals surface area (Å²) in [6.07, 6.45) is -0.0960. The fraction of sp³-hybridized carbons (Fsp3) is 0.429. The van der Waals surface area contributed by atoms with Gasteiger partial charge in [-0.05, 0) is 31.2 Å². The smallest absolute Gasteiger partial charge is 0.409 e. The average Bonchev–Trinajstić information content (AvgIpc) is 2.84. The molecule has 1 saturated heterocycles. The third-order valence-electron chi connectivity index (χ3n) is 2.90. The van der Waals surface area contributed by atoms with E-state index in [0.29, 0.717) is 32.0 Å². The van der Waals surface area contributed by atoms with Crippen LogP contribution in [0.3, 0.4) is 0 Å². The van der Waals surface area contributed by atoms with Gasteiger partial charge in [-0.2, -0.15) is 0 Å². The van der Waals surface area contributed by atoms with Gasteiger partial charge in [0, 0.05) is 18.7 Å². The summed E-state index contributed by atoms with van der Waals surface area (Å²) in [5.41, 5.74) is 0.711. The molecule has 2 rings (SSSR count). The van der Waals surface area contributed by atoms with Gasteiger partial charge >= 0.3 is 6.09 Å². The van der Waals surface area contributed by atoms with Crippen molar-refractivity contribution < 1.29 is 19.1 Å². The molecule has 0 aliphatic carbocycles. The van der Waals surface area contributed by atoms with Crippen molar-refractivity contribution in [1.29, 1.82) is 0 Å². The van der Waals surface area contributed by atoms with Crippen LogP contribution in [0.1, 0.15) is 13.3 Å². The van der Waals surface area contributed by atoms with E-state index in [2.05, 4.69) is 5.32 Å². The number of hydrogen-bond donors (Lipinski definition) is 1. The van der Waals surface area contributed by atoms with E-state index in [4.69, 9.17) is 9.47 Å². The number of nitrogens with one attached hydrogen (secondary N) is 1. The quantitative estimate of drug-likeness (QED) is 0.862. The molecule has 2 amide bonds. The van der Waals surface area contributed by atoms with E-state index in [-0.39, 0.29) is 18.4 Å². The van der Waals surface area contributed by atoms with Gasteiger partial charge in [-0.15, -0.1) is 0 Å². The first-order chi connectivity index (χ1) is 9.69. The number of benzene rings is 1. The molecule has 1 aromatic rings. The van der Waals surface area contributed by atoms with Crippen LogP contribution in [0.25, 0.3) is 0 Å². The molecule has 1 aliphatic rings. The van der Waals surface area contributed by atoms with Gasteiger partial charge in [-0.1, -0.05) is 0 Å². The van der Waals surface area contributed by atoms with Gasteiger partial charge in [0.15, 0.2) is 0 Å². The molecule has 6 nitrogen and oxygen atoms in total. The van der Waals surface area contributed by atoms with Crippen LogP contribution in [0.2, 0.25) is 0 Å². The summed E-state index contributed by atoms with van der Waals surface area (Å²) in [7, 11) is 0. The van der Waals surface area contributed by atoms with Crippen molar-refractivity contribution in [3.8, 4) is 5.75 Å². The molecule has 0 atom stereocenters. The van der Waals surface area contributed by atoms with E-state index < -0.39 is 0 Å². The maximum Gasteiger partial charge on any atom is 0.409 e. The lowest BCUT2D eigenvalue weighted by atomic mass is 10.3. The fourth-order valence-corrected chi connectivity index (χ4v) is 1.89. The van der Waals surface area contributed by atoms with E-state index in [1.165, 1.54) is 4.90 Å². The normalized spacial score (nSPS) is 14.1. The third kappa shape index (κ3) is 3.88. The van der Waals surface area contributed by atoms with Crippen molar-refractivity contribution in [2.75, 3.05) is 31.6 Å². The molecule has 1 heterocycles. The number of anilines is 1. The molecule has 6 heteroatoms. The fourth-order valence-electron chi connectivity index (χ4n) is 1.89. The number of carbonyl (C=O) groups is 2. The Kier molecular flexibility index (Phi) is 4.81. The summed E-state index contributed by atoms with van der Waals surface area (Å²) in [6.45, 7) is 3.85. The molecular weight excluding hydrogens is 260 g/mol. The Balaban J connectivity index is 1.77. The molecule has 1 N–H and O–H groups in total. The van der Waals surface area contributed by atoms with E-state index in [0.717, 1.165) is 5.75 Å². The summed E-state index contributed by atoms with van der Waals surface area (Å²) in [5.74, 6) is 0.638. The van der Waals surface area contributed by atoms with Gasteiger partial charge in [-0.25, -0.2) is 4.79 Å². The SMILES string of the molecule is CCOc1ccc(NC(=O)CCN2CCOC2=O)cc1. The second-order valence-electron chi connectivity index (χ2n) is 4.36. The summed E-state index contributed by atoms with van der Waals surface area (Å²) >= 11 is 0. The van der Waals surface area contributed by atoms with Gasteiger partial charge < -0.3 is 19.7 Å². The van der Waals surface area contributed by atoms with Gasteiger partial charge in [0.25, 0.3) is 0 Å². The van der Waals surface area contributed by atoms with Crippen LogP contribution >= 0.6 is 0 Å². The highest BCUT2D eigenvalue weighted by molar-refractivity contribution is 5.91. The summed E-state index contributed by atoms with van der Waals surface area (Å²) in [5, 5.41) is 2.78. The molecule has 20 heavy (non-hydrogen) atoms. The summed E-state index contributed by atoms with van der Waals surface area (Å²) in [4.78, 5) is 24.5. The highest BCUT2D eigenvalue weighted by atomic mass is 16.6. The Labute approximate surface area is 117 Å². The second-order valence-corrected chi connectivity index (χ2v) is 4.36. The first kappa shape index (κ1) is 14.2. The van der Waals surface area contributed by atoms with E-state index in [1.807, 2.05) is 6.92 Å². The van der Waals surface area contributed by atoms with E-state index in [1.54, 1.807) is 24.3 Å². The molecule has 108 valence electrons. The molecule has 0 unspecified atom stereocenters. The molecule has 0 saturated carbocycles. The second kappa shape index (κ2) is 6.79. The van der Waals surface area contributed by atoms with E-state index >= 15 is 0 Å². The minimum atomic E-state index is -0.348. The Morgan fingerprint density at radius 3 is 2.75 bits per heavy atom. The first-order valence-electron chi connectivity index (χ1n) is 6.63. The largest absolute Gasteiger partial charge is 0.494 e. The molecule has 1 aromatic carbocycles. The lowest BCUT2D eigenvalue weighted by molar-refractivity contribution is -0.116. The van der Waals surface area contributed by atoms with Crippen LogP contribution in [0.5, 0.6) is 5.75 Å². The summed E-state index contributed by atoms with van der Waals surface area (Å²) < 4.78 is 10.1. The zero-order valence-electron chi connectivity index (χ0n) is 11.4. The third-order valence-corrected chi connectivity index (χ3v) is 2.90. The van der Waals surface area contributed by atoms with Crippen molar-refractivity contribution in [3.63, 3.8) is 0 Å². The highest BCUT2D eigenvalue weighted by Gasteiger charge is 2.21. The number of rotatable bonds is 6. The Morgan fingerprint density at radius 2 is 2.15 bits per heavy atom. The predicted octanol–water partition coefficient (Wildman–Crippen LogP) is 1.87. The minimum absolute atomic E-state index is 0.131. The van der Waals surface area contributed by atoms with Crippen molar-refractivity contribution in [2.45, 2.75) is 13.3 Å². The number of nitrogens with zero attached hydrogens (tertiary/aromatic N) is 1. The van der Waals surface area contributed by atoms with Crippen molar-refractivity contribution in [3.05, 3.63) is 24.3 Å². The van der Waals surface area contributed by atoms with Crippen molar-refractivity contribution in [2.24, 2.45) is 0 Å². The van der Waals surface area contributed by atoms with Crippen LogP contribution < -0.4 is 10.1 Å². The van der Waals surface area contributed by atoms with Crippen LogP contribution in [-0.4, -0.2) is 43.2 Å². The lowest BCUT2D eigenvalue weighted by Gasteiger charge is -2.12. The monoisotopic (exact) mass is 278 g/mol. The number of amides is 2. The first-order valence-corrected chi connectivity index (χ1v) is 6.63. The van der Waals surface area contributed by atoms with Gasteiger partial charge in [0.05, 0.1) is 13.2 Å². The van der Waals surface area contributed by atoms with Gasteiger partial charge in [-0.3, -0.25) is 4.79 Å². The molecule has 0 radical (unpaired) electrons. The minimum Gasteiger partial charge on any atom is -0.494 e. The molecule has 0 spiro atoms. The Morgan fingerprint density at radius 1 is 1.40 bits per heavy atom. The van der Waals surface area contributed by atoms with Gasteiger partial charge in [0.1, 0.15) is 12.4 Å². The zero-order valence-corrected chi connectivity index (χ0v) is 11.4. The molecule has 1 aliphatic heterocycles. The summed E-state index contributed by atoms with van der Waals surface area (Å²) in [6, 6.07) is 7.17. The van der Waals surface area contributed by atoms with Crippen molar-refractivity contribution in [1.82, 2.24) is 4.90 Å². The molecule has 1 fully saturated rings. The lowest BCUT2D eigenvalue weighted by Crippen LogP contribution is -2.28. The van der Waals surface area contributed by atoms with Crippen LogP contribution in [0, 0.1) is 0 Å². The topological polar surface area (TPSA) is 67.9 Å². The average molecular weight is 278 g/mol. The predicted molar refractivity (Wildman–Crippen MR) is 73.8 cm³/mol. The number of cyclic esters (lactones) is 1. The maximum atomic E-state index is 11.8. The maximum absolute atomic E-state index is 11.8. The Hall–Kier alpha value is -2.24. The number of hydrogen-bond acceptors (Lipinski definition) is 4. The molecule has 0 aromatic heterocycles. The van der Waals surface area contributed by atoms with Crippen LogP contribution in [0.15, 0.2) is 24.3 Å². The van der Waals surface area contributed by atoms with E-state index in [9.17, 15) is 9.59 Å². The number of ether oxygens (including phenoxy) is 2. The Bertz CT molecular complexity index is 473. The van der Waals surface area contributed by atoms with Crippen LogP contribution in [0.4, 0.5) is 10.5 Å². The van der Waals surface area contributed by atoms with Crippen molar-refractivity contribution >= 4 is 17.7 Å². The van der Waals surface area contributed by atoms with Crippen LogP contribution in [-0.2, 0) is 9.53 Å². The van der Waals surface area contributed by atoms with Gasteiger partial charge in [0.2, 0.25) is 5.91 Å². The molecule has 0 bridgehead atoms. The molecular formula is C14H18N2O4.